The summed E-state index contributed by atoms with van der Waals surface area (Å²) >= 11 is 0. The number of rotatable bonds is 19. The number of carbonyl (C=O) groups is 4. The van der Waals surface area contributed by atoms with E-state index in [1.54, 1.807) is 18.2 Å². The first-order chi connectivity index (χ1) is 25.6. The van der Waals surface area contributed by atoms with E-state index >= 15 is 0 Å². The zero-order valence-corrected chi connectivity index (χ0v) is 34.4. The van der Waals surface area contributed by atoms with E-state index in [0.29, 0.717) is 36.4 Å². The number of hydrogen-bond donors (Lipinski definition) is 6. The number of halogens is 1. The van der Waals surface area contributed by atoms with Crippen molar-refractivity contribution >= 4 is 45.9 Å². The van der Waals surface area contributed by atoms with E-state index in [4.69, 9.17) is 5.73 Å². The molecule has 0 radical (unpaired) electrons. The molecular weight excluding hydrogens is 742 g/mol. The number of carbonyl (C=O) groups excluding carboxylic acids is 4. The zero-order chi connectivity index (χ0) is 39.4. The summed E-state index contributed by atoms with van der Waals surface area (Å²) < 4.78 is 26.0. The predicted molar refractivity (Wildman–Crippen MR) is 216 cm³/mol. The molecule has 1 fully saturated rings. The monoisotopic (exact) mass is 803 g/mol. The van der Waals surface area contributed by atoms with Crippen LogP contribution < -0.4 is 27.0 Å². The molecule has 306 valence electrons. The van der Waals surface area contributed by atoms with Crippen LogP contribution in [-0.2, 0) is 42.0 Å². The van der Waals surface area contributed by atoms with Crippen molar-refractivity contribution in [1.82, 2.24) is 21.3 Å². The van der Waals surface area contributed by atoms with E-state index < -0.39 is 57.7 Å². The highest BCUT2D eigenvalue weighted by molar-refractivity contribution is 7.91. The minimum absolute atomic E-state index is 0. The average Bonchev–Trinajstić information content (AvgIpc) is 3.38. The van der Waals surface area contributed by atoms with Gasteiger partial charge in [-0.1, -0.05) is 102 Å². The highest BCUT2D eigenvalue weighted by atomic mass is 35.5. The van der Waals surface area contributed by atoms with Crippen LogP contribution in [0.5, 0.6) is 0 Å². The van der Waals surface area contributed by atoms with Crippen LogP contribution in [-0.4, -0.2) is 73.7 Å². The smallest absolute Gasteiger partial charge is 0.243 e. The molecule has 1 aliphatic heterocycles. The SMILES string of the molecule is CC(C)CNC(=O)C[C@H](O)[C@H](CC1CCCCC1)NC(=O)[C@H](CC(C)C)NC(=O)[C@H](Cc1ccccc1)NC(=O)CC1CS(=O)(=O)c2cc(CN)ccc21.Cl. The Balaban J connectivity index is 0.00000812. The number of hydrogen-bond acceptors (Lipinski definition) is 8. The Morgan fingerprint density at radius 3 is 2.15 bits per heavy atom. The molecule has 2 aromatic carbocycles. The molecule has 55 heavy (non-hydrogen) atoms. The third-order valence-corrected chi connectivity index (χ3v) is 12.3. The molecule has 0 aromatic heterocycles. The van der Waals surface area contributed by atoms with Crippen molar-refractivity contribution in [2.75, 3.05) is 12.3 Å². The number of fused-ring (bicyclic) bond motifs is 1. The number of aliphatic hydroxyl groups is 1. The van der Waals surface area contributed by atoms with Crippen molar-refractivity contribution in [2.45, 2.75) is 133 Å². The van der Waals surface area contributed by atoms with Gasteiger partial charge in [0, 0.05) is 31.8 Å². The Hall–Kier alpha value is -3.52. The van der Waals surface area contributed by atoms with Gasteiger partial charge in [-0.25, -0.2) is 8.42 Å². The molecule has 0 spiro atoms. The maximum absolute atomic E-state index is 14.1. The summed E-state index contributed by atoms with van der Waals surface area (Å²) in [4.78, 5) is 54.6. The molecule has 1 heterocycles. The molecule has 0 saturated heterocycles. The van der Waals surface area contributed by atoms with Crippen molar-refractivity contribution < 1.29 is 32.7 Å². The van der Waals surface area contributed by atoms with Gasteiger partial charge in [0.15, 0.2) is 9.84 Å². The van der Waals surface area contributed by atoms with Crippen molar-refractivity contribution in [3.8, 4) is 0 Å². The van der Waals surface area contributed by atoms with E-state index in [2.05, 4.69) is 21.3 Å². The molecule has 5 atom stereocenters. The van der Waals surface area contributed by atoms with Crippen LogP contribution >= 0.6 is 12.4 Å². The standard InChI is InChI=1S/C41H61N5O7S.ClH/c1-26(2)17-34(40(50)45-33(18-28-11-7-5-8-12-28)36(47)22-38(48)43-24-27(3)4)46-41(51)35(19-29-13-9-6-10-14-29)44-39(49)21-31-25-54(52,53)37-20-30(23-42)15-16-32(31)37;/h6,9-10,13-16,20,26-28,31,33-36,47H,5,7-8,11-12,17-19,21-25,42H2,1-4H3,(H,43,48)(H,44,49)(H,45,50)(H,46,51);1H/t31?,33-,34-,35-,36-;/m0./s1. The third kappa shape index (κ3) is 14.2. The van der Waals surface area contributed by atoms with Gasteiger partial charge >= 0.3 is 0 Å². The zero-order valence-electron chi connectivity index (χ0n) is 32.7. The molecule has 1 unspecified atom stereocenters. The Labute approximate surface area is 333 Å². The highest BCUT2D eigenvalue weighted by Crippen LogP contribution is 2.37. The van der Waals surface area contributed by atoms with Gasteiger partial charge in [0.1, 0.15) is 12.1 Å². The van der Waals surface area contributed by atoms with Gasteiger partial charge in [0.2, 0.25) is 23.6 Å². The first kappa shape index (κ1) is 45.9. The summed E-state index contributed by atoms with van der Waals surface area (Å²) in [6.07, 6.45) is 4.82. The van der Waals surface area contributed by atoms with Crippen molar-refractivity contribution in [2.24, 2.45) is 23.5 Å². The van der Waals surface area contributed by atoms with Crippen molar-refractivity contribution in [1.29, 1.82) is 0 Å². The Bertz CT molecular complexity index is 1680. The number of sulfone groups is 1. The lowest BCUT2D eigenvalue weighted by molar-refractivity contribution is -0.133. The molecule has 14 heteroatoms. The van der Waals surface area contributed by atoms with E-state index in [-0.39, 0.29) is 66.6 Å². The quantitative estimate of drug-likeness (QED) is 0.122. The molecular formula is C41H62ClN5O7S. The van der Waals surface area contributed by atoms with Crippen molar-refractivity contribution in [3.63, 3.8) is 0 Å². The molecule has 2 aromatic rings. The lowest BCUT2D eigenvalue weighted by Gasteiger charge is -2.32. The largest absolute Gasteiger partial charge is 0.390 e. The van der Waals surface area contributed by atoms with Gasteiger partial charge in [-0.15, -0.1) is 12.4 Å². The number of nitrogens with two attached hydrogens (primary N) is 1. The normalized spacial score (nSPS) is 18.7. The second kappa shape index (κ2) is 21.7. The Kier molecular flexibility index (Phi) is 18.1. The second-order valence-corrected chi connectivity index (χ2v) is 18.1. The van der Waals surface area contributed by atoms with Crippen molar-refractivity contribution in [3.05, 3.63) is 65.2 Å². The summed E-state index contributed by atoms with van der Waals surface area (Å²) in [5, 5.41) is 22.9. The first-order valence-corrected chi connectivity index (χ1v) is 21.2. The molecule has 4 rings (SSSR count). The molecule has 1 saturated carbocycles. The second-order valence-electron chi connectivity index (χ2n) is 16.1. The fourth-order valence-electron chi connectivity index (χ4n) is 7.54. The number of aliphatic hydroxyl groups excluding tert-OH is 1. The number of amides is 4. The topological polar surface area (TPSA) is 197 Å². The van der Waals surface area contributed by atoms with Crippen LogP contribution in [0.25, 0.3) is 0 Å². The van der Waals surface area contributed by atoms with Crippen LogP contribution in [0.4, 0.5) is 0 Å². The summed E-state index contributed by atoms with van der Waals surface area (Å²) in [6.45, 7) is 8.53. The first-order valence-electron chi connectivity index (χ1n) is 19.6. The van der Waals surface area contributed by atoms with Gasteiger partial charge in [-0.05, 0) is 53.4 Å². The predicted octanol–water partition coefficient (Wildman–Crippen LogP) is 4.06. The summed E-state index contributed by atoms with van der Waals surface area (Å²) in [5.41, 5.74) is 7.77. The summed E-state index contributed by atoms with van der Waals surface area (Å²) in [5.74, 6) is -2.05. The van der Waals surface area contributed by atoms with Gasteiger partial charge in [0.25, 0.3) is 0 Å². The number of nitrogens with one attached hydrogen (secondary N) is 4. The minimum Gasteiger partial charge on any atom is -0.390 e. The van der Waals surface area contributed by atoms with E-state index in [9.17, 15) is 32.7 Å². The van der Waals surface area contributed by atoms with E-state index in [1.807, 2.05) is 58.0 Å². The lowest BCUT2D eigenvalue weighted by Crippen LogP contribution is -2.57. The Morgan fingerprint density at radius 1 is 0.836 bits per heavy atom. The van der Waals surface area contributed by atoms with E-state index in [1.165, 1.54) is 0 Å². The fourth-order valence-corrected chi connectivity index (χ4v) is 9.47. The minimum atomic E-state index is -3.60. The molecule has 1 aliphatic carbocycles. The van der Waals surface area contributed by atoms with Crippen LogP contribution in [0.1, 0.15) is 108 Å². The number of benzene rings is 2. The van der Waals surface area contributed by atoms with E-state index in [0.717, 1.165) is 37.7 Å². The molecule has 0 bridgehead atoms. The molecule has 12 nitrogen and oxygen atoms in total. The Morgan fingerprint density at radius 2 is 1.51 bits per heavy atom. The average molecular weight is 804 g/mol. The molecule has 7 N–H and O–H groups in total. The third-order valence-electron chi connectivity index (χ3n) is 10.4. The van der Waals surface area contributed by atoms with Crippen LogP contribution in [0.2, 0.25) is 0 Å². The maximum Gasteiger partial charge on any atom is 0.243 e. The lowest BCUT2D eigenvalue weighted by atomic mass is 9.83. The summed E-state index contributed by atoms with van der Waals surface area (Å²) in [6, 6.07) is 11.5. The van der Waals surface area contributed by atoms with Crippen LogP contribution in [0, 0.1) is 17.8 Å². The maximum atomic E-state index is 14.1. The van der Waals surface area contributed by atoms with Crippen LogP contribution in [0.15, 0.2) is 53.4 Å². The van der Waals surface area contributed by atoms with Gasteiger partial charge in [0.05, 0.1) is 29.2 Å². The van der Waals surface area contributed by atoms with Gasteiger partial charge < -0.3 is 32.1 Å². The molecule has 2 aliphatic rings. The molecule has 4 amide bonds. The van der Waals surface area contributed by atoms with Crippen LogP contribution in [0.3, 0.4) is 0 Å². The highest BCUT2D eigenvalue weighted by Gasteiger charge is 2.37. The summed E-state index contributed by atoms with van der Waals surface area (Å²) in [7, 11) is -3.60. The van der Waals surface area contributed by atoms with Gasteiger partial charge in [-0.3, -0.25) is 19.2 Å². The van der Waals surface area contributed by atoms with Gasteiger partial charge in [-0.2, -0.15) is 0 Å². The fraction of sp³-hybridized carbons (Fsp3) is 0.610.